The fraction of sp³-hybridized carbons (Fsp3) is 0.176. The van der Waals surface area contributed by atoms with Gasteiger partial charge in [0, 0.05) is 27.7 Å². The molecule has 0 spiro atoms. The molecule has 1 atom stereocenters. The van der Waals surface area contributed by atoms with Gasteiger partial charge >= 0.3 is 0 Å². The van der Waals surface area contributed by atoms with Crippen molar-refractivity contribution < 1.29 is 4.79 Å². The van der Waals surface area contributed by atoms with E-state index in [0.717, 1.165) is 5.39 Å². The highest BCUT2D eigenvalue weighted by molar-refractivity contribution is 6.31. The SMILES string of the molecule is CC(Nc1nccc(CC(N)=O)n1)c1cc2cc(Cl)ccc2[nH]c1=O. The van der Waals surface area contributed by atoms with Gasteiger partial charge in [0.05, 0.1) is 18.2 Å². The molecular formula is C17H16ClN5O2. The van der Waals surface area contributed by atoms with Crippen molar-refractivity contribution in [1.29, 1.82) is 0 Å². The third-order valence-electron chi connectivity index (χ3n) is 3.72. The molecule has 0 aliphatic rings. The summed E-state index contributed by atoms with van der Waals surface area (Å²) in [6.07, 6.45) is 1.56. The molecule has 25 heavy (non-hydrogen) atoms. The number of aromatic nitrogens is 3. The second kappa shape index (κ2) is 6.90. The average Bonchev–Trinajstić information content (AvgIpc) is 2.54. The zero-order chi connectivity index (χ0) is 18.0. The number of nitrogens with one attached hydrogen (secondary N) is 2. The zero-order valence-electron chi connectivity index (χ0n) is 13.4. The summed E-state index contributed by atoms with van der Waals surface area (Å²) in [5.74, 6) is -0.155. The predicted molar refractivity (Wildman–Crippen MR) is 96.5 cm³/mol. The Morgan fingerprint density at radius 2 is 2.16 bits per heavy atom. The van der Waals surface area contributed by atoms with Crippen molar-refractivity contribution >= 4 is 34.4 Å². The van der Waals surface area contributed by atoms with Crippen LogP contribution in [-0.4, -0.2) is 20.9 Å². The Morgan fingerprint density at radius 1 is 1.36 bits per heavy atom. The summed E-state index contributed by atoms with van der Waals surface area (Å²) in [5.41, 5.74) is 6.72. The molecule has 2 aromatic heterocycles. The summed E-state index contributed by atoms with van der Waals surface area (Å²) in [7, 11) is 0. The number of nitrogens with two attached hydrogens (primary N) is 1. The smallest absolute Gasteiger partial charge is 0.253 e. The van der Waals surface area contributed by atoms with E-state index in [2.05, 4.69) is 20.3 Å². The largest absolute Gasteiger partial charge is 0.369 e. The first-order valence-corrected chi connectivity index (χ1v) is 7.99. The first-order valence-electron chi connectivity index (χ1n) is 7.61. The number of rotatable bonds is 5. The number of pyridine rings is 1. The van der Waals surface area contributed by atoms with Crippen LogP contribution in [0.3, 0.4) is 0 Å². The third kappa shape index (κ3) is 3.95. The van der Waals surface area contributed by atoms with Crippen molar-refractivity contribution in [2.75, 3.05) is 5.32 Å². The van der Waals surface area contributed by atoms with E-state index in [4.69, 9.17) is 17.3 Å². The van der Waals surface area contributed by atoms with Crippen LogP contribution < -0.4 is 16.6 Å². The number of hydrogen-bond donors (Lipinski definition) is 3. The van der Waals surface area contributed by atoms with E-state index < -0.39 is 5.91 Å². The fourth-order valence-electron chi connectivity index (χ4n) is 2.53. The average molecular weight is 358 g/mol. The van der Waals surface area contributed by atoms with Crippen LogP contribution in [0.4, 0.5) is 5.95 Å². The quantitative estimate of drug-likeness (QED) is 0.647. The highest BCUT2D eigenvalue weighted by Crippen LogP contribution is 2.20. The minimum atomic E-state index is -0.472. The van der Waals surface area contributed by atoms with Gasteiger partial charge in [-0.15, -0.1) is 0 Å². The fourth-order valence-corrected chi connectivity index (χ4v) is 2.71. The van der Waals surface area contributed by atoms with Crippen LogP contribution in [0.1, 0.15) is 24.2 Å². The zero-order valence-corrected chi connectivity index (χ0v) is 14.2. The topological polar surface area (TPSA) is 114 Å². The lowest BCUT2D eigenvalue weighted by molar-refractivity contribution is -0.117. The van der Waals surface area contributed by atoms with E-state index in [1.54, 1.807) is 30.3 Å². The minimum Gasteiger partial charge on any atom is -0.369 e. The summed E-state index contributed by atoms with van der Waals surface area (Å²) in [4.78, 5) is 34.5. The van der Waals surface area contributed by atoms with Crippen molar-refractivity contribution in [2.24, 2.45) is 5.73 Å². The number of H-pyrrole nitrogens is 1. The van der Waals surface area contributed by atoms with Gasteiger partial charge in [0.25, 0.3) is 5.56 Å². The van der Waals surface area contributed by atoms with Gasteiger partial charge in [-0.3, -0.25) is 9.59 Å². The lowest BCUT2D eigenvalue weighted by Gasteiger charge is -2.14. The van der Waals surface area contributed by atoms with Gasteiger partial charge in [0.15, 0.2) is 0 Å². The highest BCUT2D eigenvalue weighted by Gasteiger charge is 2.13. The highest BCUT2D eigenvalue weighted by atomic mass is 35.5. The van der Waals surface area contributed by atoms with Crippen LogP contribution >= 0.6 is 11.6 Å². The predicted octanol–water partition coefficient (Wildman–Crippen LogP) is 2.17. The first kappa shape index (κ1) is 16.9. The molecular weight excluding hydrogens is 342 g/mol. The van der Waals surface area contributed by atoms with Crippen LogP contribution in [0.25, 0.3) is 10.9 Å². The Labute approximate surface area is 148 Å². The molecule has 0 aliphatic carbocycles. The number of nitrogens with zero attached hydrogens (tertiary/aromatic N) is 2. The molecule has 0 saturated heterocycles. The Hall–Kier alpha value is -2.93. The monoisotopic (exact) mass is 357 g/mol. The summed E-state index contributed by atoms with van der Waals surface area (Å²) >= 11 is 6.01. The molecule has 1 amide bonds. The number of benzene rings is 1. The number of halogens is 1. The van der Waals surface area contributed by atoms with Gasteiger partial charge in [-0.2, -0.15) is 0 Å². The minimum absolute atomic E-state index is 0.0284. The van der Waals surface area contributed by atoms with Gasteiger partial charge in [-0.05, 0) is 37.3 Å². The maximum Gasteiger partial charge on any atom is 0.253 e. The van der Waals surface area contributed by atoms with Crippen LogP contribution in [-0.2, 0) is 11.2 Å². The Kier molecular flexibility index (Phi) is 4.67. The second-order valence-corrected chi connectivity index (χ2v) is 6.10. The number of primary amides is 1. The van der Waals surface area contributed by atoms with Gasteiger partial charge < -0.3 is 16.0 Å². The normalized spacial score (nSPS) is 12.1. The van der Waals surface area contributed by atoms with Crippen LogP contribution in [0.2, 0.25) is 5.02 Å². The van der Waals surface area contributed by atoms with Crippen LogP contribution in [0.15, 0.2) is 41.3 Å². The molecule has 8 heteroatoms. The van der Waals surface area contributed by atoms with Crippen molar-refractivity contribution in [2.45, 2.75) is 19.4 Å². The molecule has 0 radical (unpaired) electrons. The summed E-state index contributed by atoms with van der Waals surface area (Å²) in [6.45, 7) is 1.82. The molecule has 128 valence electrons. The number of carbonyl (C=O) groups excluding carboxylic acids is 1. The van der Waals surface area contributed by atoms with Crippen LogP contribution in [0, 0.1) is 0 Å². The number of amides is 1. The lowest BCUT2D eigenvalue weighted by atomic mass is 10.1. The van der Waals surface area contributed by atoms with Gasteiger partial charge in [-0.25, -0.2) is 9.97 Å². The van der Waals surface area contributed by atoms with Gasteiger partial charge in [0.1, 0.15) is 0 Å². The Morgan fingerprint density at radius 3 is 2.92 bits per heavy atom. The summed E-state index contributed by atoms with van der Waals surface area (Å²) < 4.78 is 0. The van der Waals surface area contributed by atoms with E-state index in [1.807, 2.05) is 6.92 Å². The lowest BCUT2D eigenvalue weighted by Crippen LogP contribution is -2.21. The maximum atomic E-state index is 12.3. The number of aromatic amines is 1. The van der Waals surface area contributed by atoms with E-state index in [9.17, 15) is 9.59 Å². The molecule has 4 N–H and O–H groups in total. The van der Waals surface area contributed by atoms with E-state index >= 15 is 0 Å². The third-order valence-corrected chi connectivity index (χ3v) is 3.95. The Balaban J connectivity index is 1.89. The van der Waals surface area contributed by atoms with Crippen molar-refractivity contribution in [3.8, 4) is 0 Å². The van der Waals surface area contributed by atoms with Gasteiger partial charge in [0.2, 0.25) is 11.9 Å². The molecule has 0 fully saturated rings. The number of carbonyl (C=O) groups is 1. The molecule has 3 aromatic rings. The number of hydrogen-bond acceptors (Lipinski definition) is 5. The molecule has 1 aromatic carbocycles. The number of fused-ring (bicyclic) bond motifs is 1. The van der Waals surface area contributed by atoms with Crippen molar-refractivity contribution in [3.63, 3.8) is 0 Å². The molecule has 3 rings (SSSR count). The first-order chi connectivity index (χ1) is 11.9. The second-order valence-electron chi connectivity index (χ2n) is 5.67. The van der Waals surface area contributed by atoms with E-state index in [0.29, 0.717) is 27.7 Å². The maximum absolute atomic E-state index is 12.3. The molecule has 2 heterocycles. The van der Waals surface area contributed by atoms with E-state index in [-0.39, 0.29) is 18.0 Å². The van der Waals surface area contributed by atoms with Crippen LogP contribution in [0.5, 0.6) is 0 Å². The van der Waals surface area contributed by atoms with Gasteiger partial charge in [-0.1, -0.05) is 11.6 Å². The molecule has 7 nitrogen and oxygen atoms in total. The Bertz CT molecular complexity index is 1000. The summed E-state index contributed by atoms with van der Waals surface area (Å²) in [6, 6.07) is 8.32. The number of anilines is 1. The standard InChI is InChI=1S/C17H16ClN5O2/c1-9(21-17-20-5-4-12(22-17)8-15(19)24)13-7-10-6-11(18)2-3-14(10)23-16(13)25/h2-7,9H,8H2,1H3,(H2,19,24)(H,23,25)(H,20,21,22). The molecule has 0 saturated carbocycles. The molecule has 1 unspecified atom stereocenters. The van der Waals surface area contributed by atoms with Crippen molar-refractivity contribution in [3.05, 3.63) is 63.2 Å². The molecule has 0 bridgehead atoms. The van der Waals surface area contributed by atoms with Crippen molar-refractivity contribution in [1.82, 2.24) is 15.0 Å². The van der Waals surface area contributed by atoms with E-state index in [1.165, 1.54) is 6.20 Å². The summed E-state index contributed by atoms with van der Waals surface area (Å²) in [5, 5.41) is 4.49. The molecule has 0 aliphatic heterocycles.